The van der Waals surface area contributed by atoms with Crippen molar-refractivity contribution in [3.8, 4) is 11.1 Å². The van der Waals surface area contributed by atoms with Crippen LogP contribution in [0.1, 0.15) is 15.9 Å². The Labute approximate surface area is 155 Å². The molecule has 0 N–H and O–H groups in total. The molecule has 0 aliphatic heterocycles. The number of amides is 1. The molecule has 0 aliphatic rings. The summed E-state index contributed by atoms with van der Waals surface area (Å²) >= 11 is 0. The molecule has 0 aromatic heterocycles. The summed E-state index contributed by atoms with van der Waals surface area (Å²) in [7, 11) is 3.33. The standard InChI is InChI=1S/C23H25NO2/c1-6-19(15-18(3)26-5)16-24(4)23(25)21-12-10-20(11-13-21)22-9-7-8-17(2)14-22/h6-15H,1,3,16H2,2,4-5H3/b19-15+. The summed E-state index contributed by atoms with van der Waals surface area (Å²) in [5, 5.41) is 0. The van der Waals surface area contributed by atoms with Crippen LogP contribution in [0, 0.1) is 6.92 Å². The number of rotatable bonds is 7. The van der Waals surface area contributed by atoms with Crippen LogP contribution in [-0.2, 0) is 4.74 Å². The maximum Gasteiger partial charge on any atom is 0.253 e. The molecule has 0 aliphatic carbocycles. The van der Waals surface area contributed by atoms with Crippen molar-refractivity contribution >= 4 is 5.91 Å². The van der Waals surface area contributed by atoms with Crippen molar-refractivity contribution in [2.75, 3.05) is 20.7 Å². The highest BCUT2D eigenvalue weighted by Crippen LogP contribution is 2.21. The average molecular weight is 347 g/mol. The monoisotopic (exact) mass is 347 g/mol. The van der Waals surface area contributed by atoms with E-state index in [0.717, 1.165) is 16.7 Å². The molecule has 2 rings (SSSR count). The smallest absolute Gasteiger partial charge is 0.253 e. The third kappa shape index (κ3) is 4.96. The fourth-order valence-corrected chi connectivity index (χ4v) is 2.63. The number of likely N-dealkylation sites (N-methyl/N-ethyl adjacent to an activating group) is 1. The molecular weight excluding hydrogens is 322 g/mol. The van der Waals surface area contributed by atoms with Crippen LogP contribution >= 0.6 is 0 Å². The van der Waals surface area contributed by atoms with Gasteiger partial charge in [-0.2, -0.15) is 0 Å². The van der Waals surface area contributed by atoms with Crippen molar-refractivity contribution in [2.24, 2.45) is 0 Å². The van der Waals surface area contributed by atoms with Gasteiger partial charge in [0, 0.05) is 19.2 Å². The lowest BCUT2D eigenvalue weighted by Gasteiger charge is -2.18. The minimum Gasteiger partial charge on any atom is -0.497 e. The number of methoxy groups -OCH3 is 1. The normalized spacial score (nSPS) is 11.0. The van der Waals surface area contributed by atoms with Crippen LogP contribution < -0.4 is 0 Å². The van der Waals surface area contributed by atoms with E-state index in [1.54, 1.807) is 31.2 Å². The van der Waals surface area contributed by atoms with Crippen LogP contribution in [0.2, 0.25) is 0 Å². The molecule has 0 heterocycles. The van der Waals surface area contributed by atoms with Crippen molar-refractivity contribution in [2.45, 2.75) is 6.92 Å². The highest BCUT2D eigenvalue weighted by Gasteiger charge is 2.12. The minimum absolute atomic E-state index is 0.0448. The predicted octanol–water partition coefficient (Wildman–Crippen LogP) is 5.01. The van der Waals surface area contributed by atoms with Gasteiger partial charge in [-0.05, 0) is 41.8 Å². The number of nitrogens with zero attached hydrogens (tertiary/aromatic N) is 1. The van der Waals surface area contributed by atoms with Gasteiger partial charge in [0.15, 0.2) is 0 Å². The zero-order valence-corrected chi connectivity index (χ0v) is 15.7. The van der Waals surface area contributed by atoms with Gasteiger partial charge in [0.1, 0.15) is 5.76 Å². The van der Waals surface area contributed by atoms with Crippen LogP contribution in [0.15, 0.2) is 85.2 Å². The topological polar surface area (TPSA) is 29.5 Å². The summed E-state index contributed by atoms with van der Waals surface area (Å²) in [5.41, 5.74) is 4.97. The van der Waals surface area contributed by atoms with Gasteiger partial charge in [0.25, 0.3) is 5.91 Å². The molecule has 3 heteroatoms. The van der Waals surface area contributed by atoms with Gasteiger partial charge in [-0.15, -0.1) is 0 Å². The molecule has 0 atom stereocenters. The van der Waals surface area contributed by atoms with E-state index in [0.29, 0.717) is 17.9 Å². The van der Waals surface area contributed by atoms with Crippen molar-refractivity contribution in [1.29, 1.82) is 0 Å². The Hall–Kier alpha value is -3.07. The molecule has 3 nitrogen and oxygen atoms in total. The van der Waals surface area contributed by atoms with Crippen LogP contribution in [-0.4, -0.2) is 31.5 Å². The largest absolute Gasteiger partial charge is 0.497 e. The second kappa shape index (κ2) is 8.86. The molecule has 2 aromatic carbocycles. The van der Waals surface area contributed by atoms with Crippen LogP contribution in [0.5, 0.6) is 0 Å². The zero-order valence-electron chi connectivity index (χ0n) is 15.7. The van der Waals surface area contributed by atoms with Gasteiger partial charge in [-0.25, -0.2) is 0 Å². The minimum atomic E-state index is -0.0448. The lowest BCUT2D eigenvalue weighted by molar-refractivity contribution is 0.0807. The van der Waals surface area contributed by atoms with Crippen LogP contribution in [0.4, 0.5) is 0 Å². The molecule has 0 saturated heterocycles. The van der Waals surface area contributed by atoms with E-state index in [4.69, 9.17) is 4.74 Å². The first-order chi connectivity index (χ1) is 12.4. The summed E-state index contributed by atoms with van der Waals surface area (Å²) < 4.78 is 5.05. The molecule has 2 aromatic rings. The predicted molar refractivity (Wildman–Crippen MR) is 108 cm³/mol. The number of ether oxygens (including phenoxy) is 1. The molecule has 0 spiro atoms. The molecule has 0 unspecified atom stereocenters. The number of allylic oxidation sites excluding steroid dienone is 1. The van der Waals surface area contributed by atoms with E-state index in [1.807, 2.05) is 30.3 Å². The number of hydrogen-bond donors (Lipinski definition) is 0. The summed E-state index contributed by atoms with van der Waals surface area (Å²) in [6.07, 6.45) is 3.48. The molecule has 0 bridgehead atoms. The Balaban J connectivity index is 2.12. The molecule has 134 valence electrons. The Bertz CT molecular complexity index is 832. The summed E-state index contributed by atoms with van der Waals surface area (Å²) in [5.74, 6) is 0.486. The van der Waals surface area contributed by atoms with Crippen molar-refractivity contribution in [3.63, 3.8) is 0 Å². The van der Waals surface area contributed by atoms with Gasteiger partial charge >= 0.3 is 0 Å². The average Bonchev–Trinajstić information content (AvgIpc) is 2.66. The number of aryl methyl sites for hydroxylation is 1. The van der Waals surface area contributed by atoms with E-state index in [2.05, 4.69) is 38.3 Å². The highest BCUT2D eigenvalue weighted by molar-refractivity contribution is 5.94. The molecule has 1 amide bonds. The first-order valence-corrected chi connectivity index (χ1v) is 8.43. The Morgan fingerprint density at radius 2 is 1.85 bits per heavy atom. The maximum atomic E-state index is 12.7. The van der Waals surface area contributed by atoms with E-state index < -0.39 is 0 Å². The fraction of sp³-hybridized carbons (Fsp3) is 0.174. The second-order valence-electron chi connectivity index (χ2n) is 6.20. The van der Waals surface area contributed by atoms with Crippen LogP contribution in [0.3, 0.4) is 0 Å². The number of hydrogen-bond acceptors (Lipinski definition) is 2. The number of carbonyl (C=O) groups excluding carboxylic acids is 1. The summed E-state index contributed by atoms with van der Waals surface area (Å²) in [4.78, 5) is 14.3. The fourth-order valence-electron chi connectivity index (χ4n) is 2.63. The van der Waals surface area contributed by atoms with Gasteiger partial charge in [-0.3, -0.25) is 4.79 Å². The number of benzene rings is 2. The molecule has 0 radical (unpaired) electrons. The zero-order chi connectivity index (χ0) is 19.1. The molecular formula is C23H25NO2. The van der Waals surface area contributed by atoms with E-state index in [1.165, 1.54) is 5.56 Å². The third-order valence-corrected chi connectivity index (χ3v) is 4.12. The lowest BCUT2D eigenvalue weighted by Crippen LogP contribution is -2.28. The van der Waals surface area contributed by atoms with E-state index in [9.17, 15) is 4.79 Å². The Morgan fingerprint density at radius 3 is 2.42 bits per heavy atom. The third-order valence-electron chi connectivity index (χ3n) is 4.12. The van der Waals surface area contributed by atoms with E-state index >= 15 is 0 Å². The van der Waals surface area contributed by atoms with Crippen LogP contribution in [0.25, 0.3) is 11.1 Å². The number of carbonyl (C=O) groups is 1. The van der Waals surface area contributed by atoms with Gasteiger partial charge < -0.3 is 9.64 Å². The highest BCUT2D eigenvalue weighted by atomic mass is 16.5. The maximum absolute atomic E-state index is 12.7. The van der Waals surface area contributed by atoms with Gasteiger partial charge in [0.2, 0.25) is 0 Å². The first-order valence-electron chi connectivity index (χ1n) is 8.43. The molecule has 26 heavy (non-hydrogen) atoms. The second-order valence-corrected chi connectivity index (χ2v) is 6.20. The Morgan fingerprint density at radius 1 is 1.15 bits per heavy atom. The first kappa shape index (κ1) is 19.3. The van der Waals surface area contributed by atoms with Crippen molar-refractivity contribution in [1.82, 2.24) is 4.90 Å². The molecule has 0 saturated carbocycles. The lowest BCUT2D eigenvalue weighted by atomic mass is 10.0. The summed E-state index contributed by atoms with van der Waals surface area (Å²) in [6, 6.07) is 16.0. The van der Waals surface area contributed by atoms with Gasteiger partial charge in [0.05, 0.1) is 7.11 Å². The Kier molecular flexibility index (Phi) is 6.56. The van der Waals surface area contributed by atoms with Crippen molar-refractivity contribution in [3.05, 3.63) is 96.3 Å². The van der Waals surface area contributed by atoms with Crippen molar-refractivity contribution < 1.29 is 9.53 Å². The summed E-state index contributed by atoms with van der Waals surface area (Å²) in [6.45, 7) is 10.1. The van der Waals surface area contributed by atoms with E-state index in [-0.39, 0.29) is 5.91 Å². The van der Waals surface area contributed by atoms with Gasteiger partial charge in [-0.1, -0.05) is 61.2 Å². The molecule has 0 fully saturated rings. The quantitative estimate of drug-likeness (QED) is 0.521. The SMILES string of the molecule is C=C/C(=C\C(=C)OC)CN(C)C(=O)c1ccc(-c2cccc(C)c2)cc1.